The molecular formula is C18H20N6O2S. The first-order valence-corrected chi connectivity index (χ1v) is 9.69. The molecule has 0 radical (unpaired) electrons. The highest BCUT2D eigenvalue weighted by atomic mass is 32.1. The number of nitrogens with one attached hydrogen (secondary N) is 2. The van der Waals surface area contributed by atoms with Gasteiger partial charge in [-0.25, -0.2) is 19.7 Å². The fourth-order valence-electron chi connectivity index (χ4n) is 3.36. The molecule has 2 aromatic heterocycles. The monoisotopic (exact) mass is 384 g/mol. The number of carbonyl (C=O) groups is 1. The predicted molar refractivity (Wildman–Crippen MR) is 104 cm³/mol. The average molecular weight is 384 g/mol. The van der Waals surface area contributed by atoms with Crippen LogP contribution in [0.5, 0.6) is 0 Å². The molecule has 9 heteroatoms. The normalized spacial score (nSPS) is 15.1. The minimum Gasteiger partial charge on any atom is -0.324 e. The highest BCUT2D eigenvalue weighted by Gasteiger charge is 2.25. The standard InChI is InChI=1S/C18H20N6O2S/c1-12-20-16(10-27-12)14-4-2-3-5-15(14)21-17(25)23-8-6-13(7-9-23)24-11-19-22-18(24)26/h2-5,10-11,13H,6-9H2,1H3,(H,21,25)(H,22,26). The second kappa shape index (κ2) is 7.36. The summed E-state index contributed by atoms with van der Waals surface area (Å²) in [7, 11) is 0. The number of urea groups is 1. The van der Waals surface area contributed by atoms with Crippen molar-refractivity contribution in [1.82, 2.24) is 24.6 Å². The fourth-order valence-corrected chi connectivity index (χ4v) is 3.97. The zero-order valence-electron chi connectivity index (χ0n) is 14.9. The van der Waals surface area contributed by atoms with Crippen molar-refractivity contribution in [3.05, 3.63) is 51.5 Å². The van der Waals surface area contributed by atoms with Crippen LogP contribution in [0.15, 0.2) is 40.8 Å². The summed E-state index contributed by atoms with van der Waals surface area (Å²) in [6.45, 7) is 3.14. The van der Waals surface area contributed by atoms with Gasteiger partial charge in [-0.05, 0) is 25.8 Å². The van der Waals surface area contributed by atoms with Crippen LogP contribution in [-0.4, -0.2) is 43.8 Å². The van der Waals surface area contributed by atoms with Gasteiger partial charge in [0.25, 0.3) is 0 Å². The van der Waals surface area contributed by atoms with E-state index in [1.54, 1.807) is 20.8 Å². The summed E-state index contributed by atoms with van der Waals surface area (Å²) < 4.78 is 1.61. The summed E-state index contributed by atoms with van der Waals surface area (Å²) >= 11 is 1.59. The Balaban J connectivity index is 1.43. The Hall–Kier alpha value is -2.94. The van der Waals surface area contributed by atoms with Crippen LogP contribution < -0.4 is 11.0 Å². The fraction of sp³-hybridized carbons (Fsp3) is 0.333. The number of piperidine rings is 1. The molecule has 0 unspecified atom stereocenters. The number of rotatable bonds is 3. The molecule has 1 aliphatic rings. The minimum absolute atomic E-state index is 0.0746. The molecule has 1 fully saturated rings. The molecule has 2 amide bonds. The molecule has 0 spiro atoms. The largest absolute Gasteiger partial charge is 0.343 e. The molecule has 0 aliphatic carbocycles. The zero-order valence-corrected chi connectivity index (χ0v) is 15.7. The highest BCUT2D eigenvalue weighted by molar-refractivity contribution is 7.09. The average Bonchev–Trinajstić information content (AvgIpc) is 3.30. The van der Waals surface area contributed by atoms with Crippen LogP contribution in [0.25, 0.3) is 11.3 Å². The third-order valence-corrected chi connectivity index (χ3v) is 5.56. The SMILES string of the molecule is Cc1nc(-c2ccccc2NC(=O)N2CCC(n3cn[nH]c3=O)CC2)cs1. The molecule has 27 heavy (non-hydrogen) atoms. The summed E-state index contributed by atoms with van der Waals surface area (Å²) in [6, 6.07) is 7.63. The molecular weight excluding hydrogens is 364 g/mol. The Morgan fingerprint density at radius 1 is 1.30 bits per heavy atom. The number of aromatic nitrogens is 4. The lowest BCUT2D eigenvalue weighted by Crippen LogP contribution is -2.42. The molecule has 3 heterocycles. The molecule has 1 aliphatic heterocycles. The number of para-hydroxylation sites is 1. The second-order valence-corrected chi connectivity index (χ2v) is 7.58. The maximum atomic E-state index is 12.7. The first-order valence-electron chi connectivity index (χ1n) is 8.81. The van der Waals surface area contributed by atoms with Gasteiger partial charge in [0.2, 0.25) is 0 Å². The molecule has 4 rings (SSSR count). The minimum atomic E-state index is -0.203. The van der Waals surface area contributed by atoms with Crippen molar-refractivity contribution >= 4 is 23.1 Å². The summed E-state index contributed by atoms with van der Waals surface area (Å²) in [4.78, 5) is 30.7. The molecule has 3 aromatic rings. The number of amides is 2. The van der Waals surface area contributed by atoms with E-state index in [1.807, 2.05) is 36.6 Å². The van der Waals surface area contributed by atoms with Gasteiger partial charge in [0, 0.05) is 30.1 Å². The first-order chi connectivity index (χ1) is 13.1. The van der Waals surface area contributed by atoms with E-state index in [9.17, 15) is 9.59 Å². The maximum Gasteiger partial charge on any atom is 0.343 e. The van der Waals surface area contributed by atoms with E-state index < -0.39 is 0 Å². The van der Waals surface area contributed by atoms with E-state index in [0.29, 0.717) is 13.1 Å². The Bertz CT molecular complexity index is 999. The molecule has 2 N–H and O–H groups in total. The van der Waals surface area contributed by atoms with Gasteiger partial charge in [-0.15, -0.1) is 11.3 Å². The molecule has 140 valence electrons. The van der Waals surface area contributed by atoms with Crippen molar-refractivity contribution in [1.29, 1.82) is 0 Å². The van der Waals surface area contributed by atoms with E-state index in [4.69, 9.17) is 0 Å². The Morgan fingerprint density at radius 3 is 2.74 bits per heavy atom. The van der Waals surface area contributed by atoms with Crippen LogP contribution in [-0.2, 0) is 0 Å². The van der Waals surface area contributed by atoms with Crippen LogP contribution >= 0.6 is 11.3 Å². The Labute approximate surface area is 159 Å². The van der Waals surface area contributed by atoms with Crippen molar-refractivity contribution in [3.8, 4) is 11.3 Å². The number of carbonyl (C=O) groups excluding carboxylic acids is 1. The Kier molecular flexibility index (Phi) is 4.76. The van der Waals surface area contributed by atoms with Crippen LogP contribution in [0.3, 0.4) is 0 Å². The molecule has 8 nitrogen and oxygen atoms in total. The quantitative estimate of drug-likeness (QED) is 0.726. The van der Waals surface area contributed by atoms with E-state index >= 15 is 0 Å². The van der Waals surface area contributed by atoms with Gasteiger partial charge >= 0.3 is 11.7 Å². The van der Waals surface area contributed by atoms with Crippen molar-refractivity contribution in [2.75, 3.05) is 18.4 Å². The van der Waals surface area contributed by atoms with E-state index in [1.165, 1.54) is 6.33 Å². The summed E-state index contributed by atoms with van der Waals surface area (Å²) in [5.74, 6) is 0. The summed E-state index contributed by atoms with van der Waals surface area (Å²) in [5.41, 5.74) is 2.33. The number of hydrogen-bond donors (Lipinski definition) is 2. The van der Waals surface area contributed by atoms with Gasteiger partial charge in [0.05, 0.1) is 16.4 Å². The van der Waals surface area contributed by atoms with Crippen molar-refractivity contribution in [2.45, 2.75) is 25.8 Å². The van der Waals surface area contributed by atoms with Gasteiger partial charge in [-0.2, -0.15) is 5.10 Å². The third kappa shape index (κ3) is 3.63. The van der Waals surface area contributed by atoms with Gasteiger partial charge < -0.3 is 10.2 Å². The topological polar surface area (TPSA) is 95.9 Å². The number of aromatic amines is 1. The zero-order chi connectivity index (χ0) is 18.8. The number of thiazole rings is 1. The lowest BCUT2D eigenvalue weighted by Gasteiger charge is -2.32. The molecule has 0 atom stereocenters. The van der Waals surface area contributed by atoms with E-state index in [0.717, 1.165) is 34.8 Å². The second-order valence-electron chi connectivity index (χ2n) is 6.51. The third-order valence-electron chi connectivity index (χ3n) is 4.79. The van der Waals surface area contributed by atoms with Crippen LogP contribution in [0.2, 0.25) is 0 Å². The van der Waals surface area contributed by atoms with Crippen molar-refractivity contribution < 1.29 is 4.79 Å². The van der Waals surface area contributed by atoms with Crippen LogP contribution in [0, 0.1) is 6.92 Å². The van der Waals surface area contributed by atoms with Crippen LogP contribution in [0.1, 0.15) is 23.9 Å². The number of likely N-dealkylation sites (tertiary alicyclic amines) is 1. The number of H-pyrrole nitrogens is 1. The number of hydrogen-bond acceptors (Lipinski definition) is 5. The van der Waals surface area contributed by atoms with E-state index in [-0.39, 0.29) is 17.8 Å². The molecule has 0 saturated carbocycles. The van der Waals surface area contributed by atoms with Gasteiger partial charge in [0.15, 0.2) is 0 Å². The molecule has 0 bridgehead atoms. The highest BCUT2D eigenvalue weighted by Crippen LogP contribution is 2.29. The van der Waals surface area contributed by atoms with Gasteiger partial charge in [-0.1, -0.05) is 18.2 Å². The van der Waals surface area contributed by atoms with Gasteiger partial charge in [0.1, 0.15) is 6.33 Å². The summed E-state index contributed by atoms with van der Waals surface area (Å²) in [6.07, 6.45) is 2.97. The van der Waals surface area contributed by atoms with Gasteiger partial charge in [-0.3, -0.25) is 4.57 Å². The number of nitrogens with zero attached hydrogens (tertiary/aromatic N) is 4. The van der Waals surface area contributed by atoms with Crippen molar-refractivity contribution in [3.63, 3.8) is 0 Å². The first kappa shape index (κ1) is 17.5. The lowest BCUT2D eigenvalue weighted by molar-refractivity contribution is 0.183. The smallest absolute Gasteiger partial charge is 0.324 e. The van der Waals surface area contributed by atoms with Crippen molar-refractivity contribution in [2.24, 2.45) is 0 Å². The Morgan fingerprint density at radius 2 is 2.07 bits per heavy atom. The molecule has 1 aromatic carbocycles. The maximum absolute atomic E-state index is 12.7. The number of anilines is 1. The summed E-state index contributed by atoms with van der Waals surface area (Å²) in [5, 5.41) is 12.2. The number of aryl methyl sites for hydroxylation is 1. The van der Waals surface area contributed by atoms with Crippen LogP contribution in [0.4, 0.5) is 10.5 Å². The molecule has 1 saturated heterocycles. The predicted octanol–water partition coefficient (Wildman–Crippen LogP) is 2.87. The lowest BCUT2D eigenvalue weighted by atomic mass is 10.1. The number of benzene rings is 1. The van der Waals surface area contributed by atoms with E-state index in [2.05, 4.69) is 20.5 Å².